The highest BCUT2D eigenvalue weighted by Gasteiger charge is 2.18. The van der Waals surface area contributed by atoms with E-state index < -0.39 is 0 Å². The lowest BCUT2D eigenvalue weighted by atomic mass is 10.1. The minimum atomic E-state index is -0.276. The van der Waals surface area contributed by atoms with Crippen molar-refractivity contribution in [1.29, 1.82) is 0 Å². The summed E-state index contributed by atoms with van der Waals surface area (Å²) in [5.41, 5.74) is 1.67. The van der Waals surface area contributed by atoms with E-state index in [0.717, 1.165) is 11.3 Å². The first-order chi connectivity index (χ1) is 9.44. The van der Waals surface area contributed by atoms with Crippen LogP contribution >= 0.6 is 0 Å². The molecule has 0 aliphatic carbocycles. The molecule has 1 aliphatic heterocycles. The molecule has 2 N–H and O–H groups in total. The average Bonchev–Trinajstić information content (AvgIpc) is 2.90. The Labute approximate surface area is 119 Å². The summed E-state index contributed by atoms with van der Waals surface area (Å²) in [5.74, 6) is -0.0546. The van der Waals surface area contributed by atoms with Crippen molar-refractivity contribution in [2.75, 3.05) is 25.1 Å². The number of nitrogens with one attached hydrogen (secondary N) is 2. The van der Waals surface area contributed by atoms with E-state index in [-0.39, 0.29) is 17.7 Å². The summed E-state index contributed by atoms with van der Waals surface area (Å²) in [7, 11) is 0. The van der Waals surface area contributed by atoms with Gasteiger partial charge in [-0.1, -0.05) is 12.1 Å². The molecule has 0 aromatic heterocycles. The molecule has 1 saturated heterocycles. The molecule has 1 aromatic rings. The Morgan fingerprint density at radius 2 is 1.80 bits per heavy atom. The lowest BCUT2D eigenvalue weighted by Gasteiger charge is -2.20. The molecular weight excluding hydrogens is 256 g/mol. The second kappa shape index (κ2) is 6.35. The molecule has 1 fully saturated rings. The summed E-state index contributed by atoms with van der Waals surface area (Å²) < 4.78 is 10.8. The molecule has 110 valence electrons. The van der Waals surface area contributed by atoms with Crippen LogP contribution in [0.1, 0.15) is 32.6 Å². The zero-order valence-corrected chi connectivity index (χ0v) is 12.2. The Morgan fingerprint density at radius 1 is 1.20 bits per heavy atom. The summed E-state index contributed by atoms with van der Waals surface area (Å²) >= 11 is 0. The molecule has 5 heteroatoms. The summed E-state index contributed by atoms with van der Waals surface area (Å²) in [6.07, 6.45) is -0.276. The van der Waals surface area contributed by atoms with Crippen molar-refractivity contribution in [3.05, 3.63) is 29.8 Å². The molecule has 20 heavy (non-hydrogen) atoms. The SMILES string of the molecule is CC(C)(C)NCC(=O)Nc1ccc(C2OCCO2)cc1. The van der Waals surface area contributed by atoms with Crippen LogP contribution in [0.25, 0.3) is 0 Å². The van der Waals surface area contributed by atoms with E-state index in [1.807, 2.05) is 45.0 Å². The lowest BCUT2D eigenvalue weighted by Crippen LogP contribution is -2.41. The normalized spacial score (nSPS) is 16.4. The van der Waals surface area contributed by atoms with Gasteiger partial charge in [0.05, 0.1) is 19.8 Å². The van der Waals surface area contributed by atoms with Crippen LogP contribution in [0.15, 0.2) is 24.3 Å². The topological polar surface area (TPSA) is 59.6 Å². The second-order valence-electron chi connectivity index (χ2n) is 5.85. The molecular formula is C15H22N2O3. The number of ether oxygens (including phenoxy) is 2. The van der Waals surface area contributed by atoms with Crippen LogP contribution in [0.5, 0.6) is 0 Å². The van der Waals surface area contributed by atoms with Crippen LogP contribution in [0.4, 0.5) is 5.69 Å². The minimum Gasteiger partial charge on any atom is -0.346 e. The zero-order chi connectivity index (χ0) is 14.6. The maximum Gasteiger partial charge on any atom is 0.238 e. The van der Waals surface area contributed by atoms with Crippen molar-refractivity contribution in [2.24, 2.45) is 0 Å². The fraction of sp³-hybridized carbons (Fsp3) is 0.533. The largest absolute Gasteiger partial charge is 0.346 e. The molecule has 5 nitrogen and oxygen atoms in total. The fourth-order valence-electron chi connectivity index (χ4n) is 1.83. The van der Waals surface area contributed by atoms with Crippen molar-refractivity contribution >= 4 is 11.6 Å². The van der Waals surface area contributed by atoms with Gasteiger partial charge in [0.15, 0.2) is 6.29 Å². The Balaban J connectivity index is 1.85. The van der Waals surface area contributed by atoms with Gasteiger partial charge in [0.2, 0.25) is 5.91 Å². The summed E-state index contributed by atoms with van der Waals surface area (Å²) in [6, 6.07) is 7.52. The van der Waals surface area contributed by atoms with Crippen LogP contribution in [-0.2, 0) is 14.3 Å². The molecule has 0 bridgehead atoms. The number of hydrogen-bond acceptors (Lipinski definition) is 4. The maximum atomic E-state index is 11.8. The van der Waals surface area contributed by atoms with E-state index in [1.54, 1.807) is 0 Å². The number of amides is 1. The lowest BCUT2D eigenvalue weighted by molar-refractivity contribution is -0.115. The predicted octanol–water partition coefficient (Wildman–Crippen LogP) is 2.06. The van der Waals surface area contributed by atoms with Gasteiger partial charge in [-0.25, -0.2) is 0 Å². The van der Waals surface area contributed by atoms with Gasteiger partial charge in [0.1, 0.15) is 0 Å². The number of benzene rings is 1. The first kappa shape index (κ1) is 15.0. The molecule has 0 saturated carbocycles. The maximum absolute atomic E-state index is 11.8. The highest BCUT2D eigenvalue weighted by atomic mass is 16.7. The first-order valence-electron chi connectivity index (χ1n) is 6.82. The summed E-state index contributed by atoms with van der Waals surface area (Å²) in [4.78, 5) is 11.8. The van der Waals surface area contributed by atoms with E-state index >= 15 is 0 Å². The van der Waals surface area contributed by atoms with Gasteiger partial charge in [-0.15, -0.1) is 0 Å². The number of anilines is 1. The number of carbonyl (C=O) groups excluding carboxylic acids is 1. The number of carbonyl (C=O) groups is 1. The number of rotatable bonds is 4. The first-order valence-corrected chi connectivity index (χ1v) is 6.82. The van der Waals surface area contributed by atoms with E-state index in [1.165, 1.54) is 0 Å². The quantitative estimate of drug-likeness (QED) is 0.885. The van der Waals surface area contributed by atoms with Gasteiger partial charge >= 0.3 is 0 Å². The Morgan fingerprint density at radius 3 is 2.35 bits per heavy atom. The molecule has 0 spiro atoms. The zero-order valence-electron chi connectivity index (χ0n) is 12.2. The van der Waals surface area contributed by atoms with E-state index in [2.05, 4.69) is 10.6 Å². The Bertz CT molecular complexity index is 445. The Hall–Kier alpha value is -1.43. The molecule has 1 aromatic carbocycles. The van der Waals surface area contributed by atoms with Crippen LogP contribution in [-0.4, -0.2) is 31.2 Å². The third-order valence-electron chi connectivity index (χ3n) is 2.87. The van der Waals surface area contributed by atoms with E-state index in [0.29, 0.717) is 19.8 Å². The smallest absolute Gasteiger partial charge is 0.238 e. The predicted molar refractivity (Wildman–Crippen MR) is 77.5 cm³/mol. The Kier molecular flexibility index (Phi) is 4.75. The standard InChI is InChI=1S/C15H22N2O3/c1-15(2,3)16-10-13(18)17-12-6-4-11(5-7-12)14-19-8-9-20-14/h4-7,14,16H,8-10H2,1-3H3,(H,17,18). The monoisotopic (exact) mass is 278 g/mol. The van der Waals surface area contributed by atoms with Gasteiger partial charge in [-0.2, -0.15) is 0 Å². The van der Waals surface area contributed by atoms with E-state index in [9.17, 15) is 4.79 Å². The molecule has 0 radical (unpaired) electrons. The highest BCUT2D eigenvalue weighted by molar-refractivity contribution is 5.92. The molecule has 0 atom stereocenters. The van der Waals surface area contributed by atoms with Crippen molar-refractivity contribution < 1.29 is 14.3 Å². The van der Waals surface area contributed by atoms with Crippen molar-refractivity contribution in [2.45, 2.75) is 32.6 Å². The fourth-order valence-corrected chi connectivity index (χ4v) is 1.83. The molecule has 2 rings (SSSR count). The molecule has 1 heterocycles. The molecule has 1 aliphatic rings. The van der Waals surface area contributed by atoms with Gasteiger partial charge < -0.3 is 20.1 Å². The molecule has 0 unspecified atom stereocenters. The van der Waals surface area contributed by atoms with Gasteiger partial charge in [0.25, 0.3) is 0 Å². The van der Waals surface area contributed by atoms with Gasteiger partial charge in [-0.3, -0.25) is 4.79 Å². The average molecular weight is 278 g/mol. The van der Waals surface area contributed by atoms with Crippen LogP contribution < -0.4 is 10.6 Å². The second-order valence-corrected chi connectivity index (χ2v) is 5.85. The van der Waals surface area contributed by atoms with Crippen LogP contribution in [0.3, 0.4) is 0 Å². The van der Waals surface area contributed by atoms with Gasteiger partial charge in [-0.05, 0) is 32.9 Å². The summed E-state index contributed by atoms with van der Waals surface area (Å²) in [6.45, 7) is 7.62. The van der Waals surface area contributed by atoms with Crippen LogP contribution in [0.2, 0.25) is 0 Å². The summed E-state index contributed by atoms with van der Waals surface area (Å²) in [5, 5.41) is 6.00. The molecule has 1 amide bonds. The van der Waals surface area contributed by atoms with E-state index in [4.69, 9.17) is 9.47 Å². The van der Waals surface area contributed by atoms with Gasteiger partial charge in [0, 0.05) is 16.8 Å². The van der Waals surface area contributed by atoms with Crippen LogP contribution in [0, 0.1) is 0 Å². The minimum absolute atomic E-state index is 0.0546. The van der Waals surface area contributed by atoms with Crippen molar-refractivity contribution in [3.63, 3.8) is 0 Å². The van der Waals surface area contributed by atoms with Crippen molar-refractivity contribution in [3.8, 4) is 0 Å². The third kappa shape index (κ3) is 4.59. The number of hydrogen-bond donors (Lipinski definition) is 2. The highest BCUT2D eigenvalue weighted by Crippen LogP contribution is 2.24. The third-order valence-corrected chi connectivity index (χ3v) is 2.87. The van der Waals surface area contributed by atoms with Crippen molar-refractivity contribution in [1.82, 2.24) is 5.32 Å².